The lowest BCUT2D eigenvalue weighted by Crippen LogP contribution is -2.55. The fourth-order valence-corrected chi connectivity index (χ4v) is 4.08. The first-order valence-corrected chi connectivity index (χ1v) is 12.3. The van der Waals surface area contributed by atoms with Gasteiger partial charge in [0.1, 0.15) is 5.78 Å². The van der Waals surface area contributed by atoms with Gasteiger partial charge in [0.25, 0.3) is 0 Å². The first kappa shape index (κ1) is 27.6. The molecule has 0 amide bonds. The largest absolute Gasteiger partial charge is 0.298 e. The number of Topliss-reactive ketones (excluding diaryl/α,β-unsaturated/α-hetero) is 1. The predicted molar refractivity (Wildman–Crippen MR) is 137 cm³/mol. The summed E-state index contributed by atoms with van der Waals surface area (Å²) in [7, 11) is 0. The van der Waals surface area contributed by atoms with Crippen LogP contribution in [0.3, 0.4) is 0 Å². The second kappa shape index (κ2) is 15.4. The van der Waals surface area contributed by atoms with Gasteiger partial charge in [0, 0.05) is 26.2 Å². The Morgan fingerprint density at radius 1 is 0.774 bits per heavy atom. The van der Waals surface area contributed by atoms with Gasteiger partial charge in [-0.15, -0.1) is 0 Å². The zero-order valence-corrected chi connectivity index (χ0v) is 21.5. The third-order valence-electron chi connectivity index (χ3n) is 6.30. The molecule has 1 atom stereocenters. The highest BCUT2D eigenvalue weighted by Crippen LogP contribution is 2.15. The van der Waals surface area contributed by atoms with Gasteiger partial charge in [0.15, 0.2) is 0 Å². The van der Waals surface area contributed by atoms with E-state index in [1.807, 2.05) is 0 Å². The molecule has 1 rings (SSSR count). The molecule has 0 radical (unpaired) electrons. The highest BCUT2D eigenvalue weighted by atomic mass is 16.1. The van der Waals surface area contributed by atoms with Gasteiger partial charge in [-0.05, 0) is 86.6 Å². The topological polar surface area (TPSA) is 23.6 Å². The molecule has 31 heavy (non-hydrogen) atoms. The van der Waals surface area contributed by atoms with Crippen molar-refractivity contribution in [2.24, 2.45) is 0 Å². The molecule has 1 unspecified atom stereocenters. The molecule has 3 heteroatoms. The van der Waals surface area contributed by atoms with Crippen LogP contribution in [0.15, 0.2) is 46.6 Å². The van der Waals surface area contributed by atoms with Crippen LogP contribution in [0.5, 0.6) is 0 Å². The van der Waals surface area contributed by atoms with Gasteiger partial charge in [0.05, 0.1) is 6.04 Å². The van der Waals surface area contributed by atoms with Crippen LogP contribution in [0.2, 0.25) is 0 Å². The number of piperazine rings is 1. The number of hydrogen-bond acceptors (Lipinski definition) is 3. The number of rotatable bonds is 13. The molecular weight excluding hydrogens is 380 g/mol. The lowest BCUT2D eigenvalue weighted by atomic mass is 10.0. The van der Waals surface area contributed by atoms with Crippen molar-refractivity contribution < 1.29 is 4.79 Å². The van der Waals surface area contributed by atoms with Crippen molar-refractivity contribution in [1.29, 1.82) is 0 Å². The third-order valence-corrected chi connectivity index (χ3v) is 6.30. The Kier molecular flexibility index (Phi) is 13.7. The van der Waals surface area contributed by atoms with Gasteiger partial charge in [-0.3, -0.25) is 14.6 Å². The van der Waals surface area contributed by atoms with Gasteiger partial charge < -0.3 is 0 Å². The number of nitrogens with zero attached hydrogens (tertiary/aromatic N) is 2. The van der Waals surface area contributed by atoms with Crippen molar-refractivity contribution >= 4 is 5.78 Å². The third kappa shape index (κ3) is 12.2. The zero-order valence-electron chi connectivity index (χ0n) is 21.5. The molecule has 0 bridgehead atoms. The molecule has 0 N–H and O–H groups in total. The molecule has 3 nitrogen and oxygen atoms in total. The quantitative estimate of drug-likeness (QED) is 0.304. The zero-order chi connectivity index (χ0) is 23.2. The van der Waals surface area contributed by atoms with E-state index in [4.69, 9.17) is 0 Å². The van der Waals surface area contributed by atoms with Crippen LogP contribution >= 0.6 is 0 Å². The minimum atomic E-state index is 0.0722. The monoisotopic (exact) mass is 428 g/mol. The highest BCUT2D eigenvalue weighted by molar-refractivity contribution is 5.81. The maximum absolute atomic E-state index is 11.9. The lowest BCUT2D eigenvalue weighted by molar-refractivity contribution is -0.124. The average Bonchev–Trinajstić information content (AvgIpc) is 2.71. The van der Waals surface area contributed by atoms with E-state index in [0.717, 1.165) is 64.8 Å². The van der Waals surface area contributed by atoms with E-state index in [2.05, 4.69) is 75.6 Å². The normalized spacial score (nSPS) is 19.6. The summed E-state index contributed by atoms with van der Waals surface area (Å²) in [5.41, 5.74) is 5.88. The molecule has 0 aliphatic carbocycles. The lowest BCUT2D eigenvalue weighted by Gasteiger charge is -2.39. The summed E-state index contributed by atoms with van der Waals surface area (Å²) in [6.07, 6.45) is 16.4. The number of carbonyl (C=O) groups is 1. The maximum Gasteiger partial charge on any atom is 0.148 e. The van der Waals surface area contributed by atoms with Gasteiger partial charge in [-0.1, -0.05) is 53.5 Å². The minimum absolute atomic E-state index is 0.0722. The van der Waals surface area contributed by atoms with Crippen LogP contribution in [0.1, 0.15) is 87.0 Å². The first-order chi connectivity index (χ1) is 14.7. The van der Waals surface area contributed by atoms with E-state index in [1.165, 1.54) is 28.7 Å². The molecule has 1 aliphatic heterocycles. The van der Waals surface area contributed by atoms with Crippen LogP contribution in [0, 0.1) is 0 Å². The second-order valence-electron chi connectivity index (χ2n) is 9.56. The van der Waals surface area contributed by atoms with Gasteiger partial charge in [-0.2, -0.15) is 0 Å². The van der Waals surface area contributed by atoms with Crippen molar-refractivity contribution in [2.45, 2.75) is 93.0 Å². The van der Waals surface area contributed by atoms with E-state index < -0.39 is 0 Å². The van der Waals surface area contributed by atoms with Crippen LogP contribution in [0.4, 0.5) is 0 Å². The second-order valence-corrected chi connectivity index (χ2v) is 9.56. The molecule has 0 aromatic carbocycles. The minimum Gasteiger partial charge on any atom is -0.298 e. The Balaban J connectivity index is 2.32. The number of ketones is 1. The molecule has 1 aliphatic rings. The first-order valence-electron chi connectivity index (χ1n) is 12.3. The standard InChI is InChI=1S/C28H48N2O/c1-8-30-21-20-29(22-28(30)27(7)31)19-18-26(6)17-11-16-25(5)15-10-14-24(4)13-9-12-23(2)3/h12,14,16,18,28H,8-11,13,15,17,19-22H2,1-7H3/b24-14+,25-16+,26-18+. The fraction of sp³-hybridized carbons (Fsp3) is 0.679. The summed E-state index contributed by atoms with van der Waals surface area (Å²) in [4.78, 5) is 16.7. The van der Waals surface area contributed by atoms with Crippen LogP contribution in [-0.4, -0.2) is 54.3 Å². The Bertz CT molecular complexity index is 664. The van der Waals surface area contributed by atoms with Crippen LogP contribution in [0.25, 0.3) is 0 Å². The number of likely N-dealkylation sites (N-methyl/N-ethyl adjacent to an activating group) is 1. The SMILES string of the molecule is CCN1CCN(C/C=C(\C)CC/C=C(\C)CC/C=C(\C)CCC=C(C)C)CC1C(C)=O. The summed E-state index contributed by atoms with van der Waals surface area (Å²) < 4.78 is 0. The molecule has 1 fully saturated rings. The number of hydrogen-bond donors (Lipinski definition) is 0. The highest BCUT2D eigenvalue weighted by Gasteiger charge is 2.28. The molecule has 176 valence electrons. The van der Waals surface area contributed by atoms with Crippen molar-refractivity contribution in [2.75, 3.05) is 32.7 Å². The molecule has 0 spiro atoms. The van der Waals surface area contributed by atoms with Gasteiger partial charge in [-0.25, -0.2) is 0 Å². The summed E-state index contributed by atoms with van der Waals surface area (Å²) in [6.45, 7) is 19.8. The van der Waals surface area contributed by atoms with E-state index in [0.29, 0.717) is 5.78 Å². The number of allylic oxidation sites excluding steroid dienone is 7. The summed E-state index contributed by atoms with van der Waals surface area (Å²) in [5, 5.41) is 0. The Hall–Kier alpha value is -1.45. The van der Waals surface area contributed by atoms with Gasteiger partial charge >= 0.3 is 0 Å². The average molecular weight is 429 g/mol. The molecule has 1 saturated heterocycles. The summed E-state index contributed by atoms with van der Waals surface area (Å²) in [5.74, 6) is 0.297. The molecule has 1 heterocycles. The van der Waals surface area contributed by atoms with Crippen molar-refractivity contribution in [3.8, 4) is 0 Å². The van der Waals surface area contributed by atoms with Crippen molar-refractivity contribution in [3.05, 3.63) is 46.6 Å². The van der Waals surface area contributed by atoms with Crippen LogP contribution in [-0.2, 0) is 4.79 Å². The fourth-order valence-electron chi connectivity index (χ4n) is 4.08. The van der Waals surface area contributed by atoms with E-state index in [-0.39, 0.29) is 6.04 Å². The van der Waals surface area contributed by atoms with Crippen LogP contribution < -0.4 is 0 Å². The summed E-state index contributed by atoms with van der Waals surface area (Å²) in [6, 6.07) is 0.0722. The molecule has 0 aromatic rings. The smallest absolute Gasteiger partial charge is 0.148 e. The van der Waals surface area contributed by atoms with Gasteiger partial charge in [0.2, 0.25) is 0 Å². The summed E-state index contributed by atoms with van der Waals surface area (Å²) >= 11 is 0. The number of carbonyl (C=O) groups excluding carboxylic acids is 1. The van der Waals surface area contributed by atoms with Crippen molar-refractivity contribution in [3.63, 3.8) is 0 Å². The molecular formula is C28H48N2O. The van der Waals surface area contributed by atoms with E-state index in [9.17, 15) is 4.79 Å². The predicted octanol–water partition coefficient (Wildman–Crippen LogP) is 6.73. The molecule has 0 aromatic heterocycles. The Labute approximate surface area is 193 Å². The van der Waals surface area contributed by atoms with Crippen molar-refractivity contribution in [1.82, 2.24) is 9.80 Å². The van der Waals surface area contributed by atoms with E-state index in [1.54, 1.807) is 6.92 Å². The maximum atomic E-state index is 11.9. The molecule has 0 saturated carbocycles. The Morgan fingerprint density at radius 3 is 1.77 bits per heavy atom. The Morgan fingerprint density at radius 2 is 1.29 bits per heavy atom. The van der Waals surface area contributed by atoms with E-state index >= 15 is 0 Å².